The van der Waals surface area contributed by atoms with Crippen molar-refractivity contribution >= 4 is 0 Å². The fraction of sp³-hybridized carbons (Fsp3) is 1.00. The van der Waals surface area contributed by atoms with E-state index in [1.165, 1.54) is 13.8 Å². The van der Waals surface area contributed by atoms with Crippen LogP contribution < -0.4 is 0 Å². The minimum absolute atomic E-state index is 0.0400. The van der Waals surface area contributed by atoms with E-state index >= 15 is 0 Å². The first-order chi connectivity index (χ1) is 10.4. The van der Waals surface area contributed by atoms with Crippen LogP contribution in [0, 0.1) is 0 Å². The van der Waals surface area contributed by atoms with Crippen molar-refractivity contribution in [3.05, 3.63) is 0 Å². The molecule has 134 valence electrons. The Kier molecular flexibility index (Phi) is 3.80. The first-order valence-corrected chi connectivity index (χ1v) is 7.37. The standard InChI is InChI=1S/C14H21F3O6/c1-11(2)19-6-7(21-11)8-13(18-5,14(15,16)17)9-10(20-8)23-12(3,4)22-9/h7-10H,6H2,1-5H3/t7-,8-,9+,10-,13-/m1/s1. The van der Waals surface area contributed by atoms with E-state index in [0.717, 1.165) is 7.11 Å². The lowest BCUT2D eigenvalue weighted by atomic mass is 9.88. The Balaban J connectivity index is 1.97. The highest BCUT2D eigenvalue weighted by atomic mass is 19.4. The fourth-order valence-electron chi connectivity index (χ4n) is 3.43. The summed E-state index contributed by atoms with van der Waals surface area (Å²) in [6, 6.07) is 0. The van der Waals surface area contributed by atoms with Crippen molar-refractivity contribution in [1.82, 2.24) is 0 Å². The summed E-state index contributed by atoms with van der Waals surface area (Å²) in [5, 5.41) is 0. The second-order valence-electron chi connectivity index (χ2n) is 6.84. The van der Waals surface area contributed by atoms with Crippen molar-refractivity contribution < 1.29 is 41.6 Å². The summed E-state index contributed by atoms with van der Waals surface area (Å²) in [4.78, 5) is 0. The van der Waals surface area contributed by atoms with Crippen LogP contribution in [0.1, 0.15) is 27.7 Å². The smallest absolute Gasteiger partial charge is 0.364 e. The molecule has 3 fully saturated rings. The van der Waals surface area contributed by atoms with Crippen molar-refractivity contribution in [3.8, 4) is 0 Å². The third kappa shape index (κ3) is 2.58. The Morgan fingerprint density at radius 1 is 0.957 bits per heavy atom. The summed E-state index contributed by atoms with van der Waals surface area (Å²) in [5.41, 5.74) is -2.69. The number of fused-ring (bicyclic) bond motifs is 1. The van der Waals surface area contributed by atoms with Crippen LogP contribution in [0.25, 0.3) is 0 Å². The quantitative estimate of drug-likeness (QED) is 0.765. The number of hydrogen-bond donors (Lipinski definition) is 0. The summed E-state index contributed by atoms with van der Waals surface area (Å²) in [7, 11) is 0.988. The molecule has 0 aromatic rings. The molecule has 0 radical (unpaired) electrons. The minimum atomic E-state index is -4.74. The summed E-state index contributed by atoms with van der Waals surface area (Å²) in [5.74, 6) is -2.18. The molecule has 0 bridgehead atoms. The molecule has 23 heavy (non-hydrogen) atoms. The summed E-state index contributed by atoms with van der Waals surface area (Å²) >= 11 is 0. The molecular formula is C14H21F3O6. The van der Waals surface area contributed by atoms with E-state index in [9.17, 15) is 13.2 Å². The van der Waals surface area contributed by atoms with Crippen LogP contribution in [0.15, 0.2) is 0 Å². The van der Waals surface area contributed by atoms with Gasteiger partial charge in [-0.15, -0.1) is 0 Å². The second-order valence-corrected chi connectivity index (χ2v) is 6.84. The van der Waals surface area contributed by atoms with Gasteiger partial charge < -0.3 is 28.4 Å². The molecular weight excluding hydrogens is 321 g/mol. The Hall–Kier alpha value is -0.450. The maximum atomic E-state index is 14.0. The van der Waals surface area contributed by atoms with Crippen LogP contribution in [-0.4, -0.2) is 61.7 Å². The van der Waals surface area contributed by atoms with Gasteiger partial charge >= 0.3 is 6.18 Å². The number of methoxy groups -OCH3 is 1. The average molecular weight is 342 g/mol. The fourth-order valence-corrected chi connectivity index (χ4v) is 3.43. The highest BCUT2D eigenvalue weighted by Gasteiger charge is 2.77. The molecule has 3 aliphatic heterocycles. The van der Waals surface area contributed by atoms with Crippen LogP contribution in [-0.2, 0) is 28.4 Å². The van der Waals surface area contributed by atoms with E-state index < -0.39 is 48.0 Å². The van der Waals surface area contributed by atoms with Crippen molar-refractivity contribution in [3.63, 3.8) is 0 Å². The van der Waals surface area contributed by atoms with Crippen molar-refractivity contribution in [2.24, 2.45) is 0 Å². The van der Waals surface area contributed by atoms with Crippen LogP contribution >= 0.6 is 0 Å². The predicted octanol–water partition coefficient (Wildman–Crippen LogP) is 1.96. The molecule has 0 N–H and O–H groups in total. The summed E-state index contributed by atoms with van der Waals surface area (Å²) in [6.45, 7) is 6.27. The third-order valence-corrected chi connectivity index (χ3v) is 4.33. The molecule has 0 aromatic carbocycles. The van der Waals surface area contributed by atoms with Gasteiger partial charge in [0.25, 0.3) is 0 Å². The van der Waals surface area contributed by atoms with Gasteiger partial charge in [0.1, 0.15) is 12.2 Å². The molecule has 0 spiro atoms. The van der Waals surface area contributed by atoms with Crippen LogP contribution in [0.5, 0.6) is 0 Å². The molecule has 3 aliphatic rings. The third-order valence-electron chi connectivity index (χ3n) is 4.33. The molecule has 0 unspecified atom stereocenters. The van der Waals surface area contributed by atoms with Crippen LogP contribution in [0.2, 0.25) is 0 Å². The number of alkyl halides is 3. The van der Waals surface area contributed by atoms with E-state index in [2.05, 4.69) is 0 Å². The van der Waals surface area contributed by atoms with Crippen molar-refractivity contribution in [1.29, 1.82) is 0 Å². The van der Waals surface area contributed by atoms with Gasteiger partial charge in [-0.2, -0.15) is 13.2 Å². The zero-order chi connectivity index (χ0) is 17.3. The lowest BCUT2D eigenvalue weighted by molar-refractivity contribution is -0.332. The highest BCUT2D eigenvalue weighted by molar-refractivity contribution is 5.13. The van der Waals surface area contributed by atoms with Gasteiger partial charge in [0.15, 0.2) is 24.0 Å². The SMILES string of the molecule is CO[C@]1(C(F)(F)F)[C@@H]([C@H]2COC(C)(C)O2)O[C@@H]2OC(C)(C)O[C@@H]21. The van der Waals surface area contributed by atoms with Crippen LogP contribution in [0.4, 0.5) is 13.2 Å². The number of ether oxygens (including phenoxy) is 6. The molecule has 9 heteroatoms. The van der Waals surface area contributed by atoms with Gasteiger partial charge in [0.2, 0.25) is 5.60 Å². The largest absolute Gasteiger partial charge is 0.422 e. The predicted molar refractivity (Wildman–Crippen MR) is 69.4 cm³/mol. The van der Waals surface area contributed by atoms with E-state index in [1.54, 1.807) is 13.8 Å². The van der Waals surface area contributed by atoms with E-state index in [0.29, 0.717) is 0 Å². The maximum absolute atomic E-state index is 14.0. The lowest BCUT2D eigenvalue weighted by Gasteiger charge is -2.39. The number of halogens is 3. The molecule has 3 heterocycles. The molecule has 3 saturated heterocycles. The Labute approximate surface area is 132 Å². The molecule has 5 atom stereocenters. The van der Waals surface area contributed by atoms with Crippen LogP contribution in [0.3, 0.4) is 0 Å². The topological polar surface area (TPSA) is 55.4 Å². The lowest BCUT2D eigenvalue weighted by Crippen LogP contribution is -2.64. The van der Waals surface area contributed by atoms with Gasteiger partial charge in [-0.1, -0.05) is 0 Å². The van der Waals surface area contributed by atoms with Gasteiger partial charge in [0.05, 0.1) is 6.61 Å². The molecule has 6 nitrogen and oxygen atoms in total. The highest BCUT2D eigenvalue weighted by Crippen LogP contribution is 2.54. The van der Waals surface area contributed by atoms with Gasteiger partial charge in [-0.3, -0.25) is 0 Å². The zero-order valence-corrected chi connectivity index (χ0v) is 13.6. The molecule has 0 aromatic heterocycles. The molecule has 3 rings (SSSR count). The molecule has 0 saturated carbocycles. The average Bonchev–Trinajstić information content (AvgIpc) is 2.96. The van der Waals surface area contributed by atoms with E-state index in [1.807, 2.05) is 0 Å². The Morgan fingerprint density at radius 3 is 2.09 bits per heavy atom. The van der Waals surface area contributed by atoms with Gasteiger partial charge in [0, 0.05) is 7.11 Å². The van der Waals surface area contributed by atoms with E-state index in [4.69, 9.17) is 28.4 Å². The Morgan fingerprint density at radius 2 is 1.61 bits per heavy atom. The first kappa shape index (κ1) is 17.4. The van der Waals surface area contributed by atoms with Crippen molar-refractivity contribution in [2.75, 3.05) is 13.7 Å². The molecule has 0 aliphatic carbocycles. The van der Waals surface area contributed by atoms with Crippen molar-refractivity contribution in [2.45, 2.75) is 75.6 Å². The number of rotatable bonds is 2. The molecule has 0 amide bonds. The second kappa shape index (κ2) is 5.03. The minimum Gasteiger partial charge on any atom is -0.364 e. The maximum Gasteiger partial charge on any atom is 0.422 e. The summed E-state index contributed by atoms with van der Waals surface area (Å²) in [6.07, 6.45) is -9.79. The number of hydrogen-bond acceptors (Lipinski definition) is 6. The van der Waals surface area contributed by atoms with Gasteiger partial charge in [-0.25, -0.2) is 0 Å². The monoisotopic (exact) mass is 342 g/mol. The Bertz CT molecular complexity index is 480. The van der Waals surface area contributed by atoms with E-state index in [-0.39, 0.29) is 6.61 Å². The normalized spacial score (nSPS) is 45.4. The first-order valence-electron chi connectivity index (χ1n) is 7.37. The summed E-state index contributed by atoms with van der Waals surface area (Å²) < 4.78 is 74.2. The van der Waals surface area contributed by atoms with Gasteiger partial charge in [-0.05, 0) is 27.7 Å². The zero-order valence-electron chi connectivity index (χ0n) is 13.6.